The van der Waals surface area contributed by atoms with E-state index in [-0.39, 0.29) is 11.9 Å². The van der Waals surface area contributed by atoms with Gasteiger partial charge in [0.2, 0.25) is 5.91 Å². The molecule has 0 spiro atoms. The topological polar surface area (TPSA) is 46.9 Å². The molecule has 1 amide bonds. The normalized spacial score (nSPS) is 12.1. The van der Waals surface area contributed by atoms with Gasteiger partial charge in [0.25, 0.3) is 0 Å². The highest BCUT2D eigenvalue weighted by Gasteiger charge is 2.06. The third-order valence-corrected chi connectivity index (χ3v) is 3.09. The van der Waals surface area contributed by atoms with Gasteiger partial charge in [-0.3, -0.25) is 4.79 Å². The van der Waals surface area contributed by atoms with Crippen molar-refractivity contribution in [1.82, 2.24) is 15.1 Å². The van der Waals surface area contributed by atoms with Crippen LogP contribution < -0.4 is 5.32 Å². The standard InChI is InChI=1S/C15H19N3O/c1-3-12(2)17-15(19)11-13-5-7-14(8-6-13)18-10-4-9-16-18/h4-10,12H,3,11H2,1-2H3,(H,17,19)/t12-/m1/s1. The third kappa shape index (κ3) is 3.68. The van der Waals surface area contributed by atoms with Crippen molar-refractivity contribution in [1.29, 1.82) is 0 Å². The number of nitrogens with zero attached hydrogens (tertiary/aromatic N) is 2. The van der Waals surface area contributed by atoms with E-state index in [2.05, 4.69) is 17.3 Å². The van der Waals surface area contributed by atoms with Gasteiger partial charge in [-0.15, -0.1) is 0 Å². The molecule has 2 rings (SSSR count). The van der Waals surface area contributed by atoms with Crippen molar-refractivity contribution in [3.63, 3.8) is 0 Å². The molecular formula is C15H19N3O. The maximum absolute atomic E-state index is 11.8. The maximum Gasteiger partial charge on any atom is 0.224 e. The highest BCUT2D eigenvalue weighted by molar-refractivity contribution is 5.78. The zero-order valence-electron chi connectivity index (χ0n) is 11.3. The summed E-state index contributed by atoms with van der Waals surface area (Å²) >= 11 is 0. The van der Waals surface area contributed by atoms with E-state index in [1.54, 1.807) is 10.9 Å². The molecule has 1 atom stereocenters. The van der Waals surface area contributed by atoms with E-state index in [0.29, 0.717) is 6.42 Å². The van der Waals surface area contributed by atoms with Crippen LogP contribution in [-0.4, -0.2) is 21.7 Å². The minimum atomic E-state index is 0.0705. The fraction of sp³-hybridized carbons (Fsp3) is 0.333. The van der Waals surface area contributed by atoms with E-state index in [0.717, 1.165) is 17.7 Å². The molecule has 2 aromatic rings. The van der Waals surface area contributed by atoms with Crippen LogP contribution in [0.2, 0.25) is 0 Å². The molecule has 0 unspecified atom stereocenters. The molecule has 0 radical (unpaired) electrons. The van der Waals surface area contributed by atoms with E-state index in [9.17, 15) is 4.79 Å². The minimum Gasteiger partial charge on any atom is -0.353 e. The fourth-order valence-electron chi connectivity index (χ4n) is 1.80. The lowest BCUT2D eigenvalue weighted by molar-refractivity contribution is -0.121. The summed E-state index contributed by atoms with van der Waals surface area (Å²) in [5.74, 6) is 0.0705. The predicted octanol–water partition coefficient (Wildman–Crippen LogP) is 2.33. The average molecular weight is 257 g/mol. The number of nitrogens with one attached hydrogen (secondary N) is 1. The zero-order chi connectivity index (χ0) is 13.7. The van der Waals surface area contributed by atoms with Crippen molar-refractivity contribution in [3.8, 4) is 5.69 Å². The molecule has 0 aliphatic rings. The van der Waals surface area contributed by atoms with Gasteiger partial charge in [-0.25, -0.2) is 4.68 Å². The van der Waals surface area contributed by atoms with E-state index in [1.165, 1.54) is 0 Å². The number of carbonyl (C=O) groups is 1. The first kappa shape index (κ1) is 13.3. The van der Waals surface area contributed by atoms with Crippen LogP contribution in [0.15, 0.2) is 42.7 Å². The number of hydrogen-bond donors (Lipinski definition) is 1. The molecule has 0 fully saturated rings. The summed E-state index contributed by atoms with van der Waals surface area (Å²) in [5, 5.41) is 7.13. The Morgan fingerprint density at radius 2 is 2.11 bits per heavy atom. The average Bonchev–Trinajstić information content (AvgIpc) is 2.93. The summed E-state index contributed by atoms with van der Waals surface area (Å²) in [6.07, 6.45) is 5.01. The van der Waals surface area contributed by atoms with Crippen LogP contribution in [0, 0.1) is 0 Å². The number of rotatable bonds is 5. The van der Waals surface area contributed by atoms with Crippen molar-refractivity contribution in [2.75, 3.05) is 0 Å². The van der Waals surface area contributed by atoms with Crippen LogP contribution in [0.5, 0.6) is 0 Å². The molecule has 0 bridgehead atoms. The van der Waals surface area contributed by atoms with Crippen LogP contribution in [-0.2, 0) is 11.2 Å². The Morgan fingerprint density at radius 1 is 1.37 bits per heavy atom. The molecule has 1 heterocycles. The fourth-order valence-corrected chi connectivity index (χ4v) is 1.80. The highest BCUT2D eigenvalue weighted by Crippen LogP contribution is 2.09. The van der Waals surface area contributed by atoms with E-state index in [1.807, 2.05) is 43.5 Å². The van der Waals surface area contributed by atoms with Crippen LogP contribution >= 0.6 is 0 Å². The van der Waals surface area contributed by atoms with Crippen molar-refractivity contribution >= 4 is 5.91 Å². The van der Waals surface area contributed by atoms with Crippen molar-refractivity contribution in [3.05, 3.63) is 48.3 Å². The van der Waals surface area contributed by atoms with Crippen molar-refractivity contribution in [2.24, 2.45) is 0 Å². The van der Waals surface area contributed by atoms with Gasteiger partial charge in [0.05, 0.1) is 12.1 Å². The maximum atomic E-state index is 11.8. The highest BCUT2D eigenvalue weighted by atomic mass is 16.1. The molecule has 1 N–H and O–H groups in total. The molecule has 100 valence electrons. The molecule has 0 saturated carbocycles. The van der Waals surface area contributed by atoms with Gasteiger partial charge in [0, 0.05) is 18.4 Å². The largest absolute Gasteiger partial charge is 0.353 e. The van der Waals surface area contributed by atoms with Crippen LogP contribution in [0.3, 0.4) is 0 Å². The van der Waals surface area contributed by atoms with Crippen molar-refractivity contribution < 1.29 is 4.79 Å². The van der Waals surface area contributed by atoms with Gasteiger partial charge in [0.1, 0.15) is 0 Å². The summed E-state index contributed by atoms with van der Waals surface area (Å²) in [5.41, 5.74) is 2.01. The Morgan fingerprint density at radius 3 is 2.68 bits per heavy atom. The Kier molecular flexibility index (Phi) is 4.34. The van der Waals surface area contributed by atoms with Gasteiger partial charge in [-0.05, 0) is 37.1 Å². The SMILES string of the molecule is CC[C@@H](C)NC(=O)Cc1ccc(-n2cccn2)cc1. The molecule has 19 heavy (non-hydrogen) atoms. The van der Waals surface area contributed by atoms with E-state index < -0.39 is 0 Å². The molecule has 1 aromatic heterocycles. The Hall–Kier alpha value is -2.10. The molecule has 4 heteroatoms. The third-order valence-electron chi connectivity index (χ3n) is 3.09. The quantitative estimate of drug-likeness (QED) is 0.893. The lowest BCUT2D eigenvalue weighted by Crippen LogP contribution is -2.33. The Labute approximate surface area is 113 Å². The second-order valence-electron chi connectivity index (χ2n) is 4.67. The number of carbonyl (C=O) groups excluding carboxylic acids is 1. The lowest BCUT2D eigenvalue weighted by Gasteiger charge is -2.11. The van der Waals surface area contributed by atoms with Crippen molar-refractivity contribution in [2.45, 2.75) is 32.7 Å². The number of hydrogen-bond acceptors (Lipinski definition) is 2. The van der Waals surface area contributed by atoms with E-state index >= 15 is 0 Å². The summed E-state index contributed by atoms with van der Waals surface area (Å²) in [6.45, 7) is 4.07. The van der Waals surface area contributed by atoms with Gasteiger partial charge in [-0.2, -0.15) is 5.10 Å². The first-order valence-electron chi connectivity index (χ1n) is 6.57. The van der Waals surface area contributed by atoms with Crippen LogP contribution in [0.1, 0.15) is 25.8 Å². The number of aromatic nitrogens is 2. The Balaban J connectivity index is 1.97. The second kappa shape index (κ2) is 6.18. The molecular weight excluding hydrogens is 238 g/mol. The second-order valence-corrected chi connectivity index (χ2v) is 4.67. The summed E-state index contributed by atoms with van der Waals surface area (Å²) in [7, 11) is 0. The molecule has 1 aromatic carbocycles. The van der Waals surface area contributed by atoms with Gasteiger partial charge in [0.15, 0.2) is 0 Å². The summed E-state index contributed by atoms with van der Waals surface area (Å²) in [4.78, 5) is 11.8. The van der Waals surface area contributed by atoms with E-state index in [4.69, 9.17) is 0 Å². The van der Waals surface area contributed by atoms with Gasteiger partial charge >= 0.3 is 0 Å². The van der Waals surface area contributed by atoms with Crippen LogP contribution in [0.25, 0.3) is 5.69 Å². The Bertz CT molecular complexity index is 517. The van der Waals surface area contributed by atoms with Crippen LogP contribution in [0.4, 0.5) is 0 Å². The summed E-state index contributed by atoms with van der Waals surface area (Å²) in [6, 6.07) is 9.99. The van der Waals surface area contributed by atoms with Gasteiger partial charge < -0.3 is 5.32 Å². The first-order chi connectivity index (χ1) is 9.19. The lowest BCUT2D eigenvalue weighted by atomic mass is 10.1. The molecule has 4 nitrogen and oxygen atoms in total. The molecule has 0 aliphatic heterocycles. The molecule has 0 aliphatic carbocycles. The molecule has 0 saturated heterocycles. The van der Waals surface area contributed by atoms with Gasteiger partial charge in [-0.1, -0.05) is 19.1 Å². The first-order valence-corrected chi connectivity index (χ1v) is 6.57. The predicted molar refractivity (Wildman–Crippen MR) is 75.2 cm³/mol. The number of benzene rings is 1. The smallest absolute Gasteiger partial charge is 0.224 e. The zero-order valence-corrected chi connectivity index (χ0v) is 11.3. The summed E-state index contributed by atoms with van der Waals surface area (Å²) < 4.78 is 1.79. The minimum absolute atomic E-state index is 0.0705. The number of amides is 1. The monoisotopic (exact) mass is 257 g/mol.